The molecule has 0 saturated carbocycles. The van der Waals surface area contributed by atoms with Gasteiger partial charge in [0.25, 0.3) is 5.91 Å². The van der Waals surface area contributed by atoms with E-state index < -0.39 is 5.97 Å². The van der Waals surface area contributed by atoms with Gasteiger partial charge < -0.3 is 14.1 Å². The number of carbonyl (C=O) groups is 2. The van der Waals surface area contributed by atoms with Crippen molar-refractivity contribution >= 4 is 11.9 Å². The molecule has 1 aliphatic heterocycles. The summed E-state index contributed by atoms with van der Waals surface area (Å²) < 4.78 is 23.8. The minimum absolute atomic E-state index is 0.158. The third-order valence-corrected chi connectivity index (χ3v) is 4.51. The number of benzene rings is 1. The molecule has 0 radical (unpaired) electrons. The number of halogens is 1. The molecule has 1 aliphatic rings. The number of hydrogen-bond acceptors (Lipinski definition) is 5. The van der Waals surface area contributed by atoms with Gasteiger partial charge in [-0.05, 0) is 36.8 Å². The van der Waals surface area contributed by atoms with Crippen molar-refractivity contribution in [2.75, 3.05) is 33.3 Å². The average molecular weight is 360 g/mol. The number of carbonyl (C=O) groups excluding carboxylic acids is 2. The summed E-state index contributed by atoms with van der Waals surface area (Å²) in [6.07, 6.45) is 0. The second-order valence-electron chi connectivity index (χ2n) is 6.29. The molecule has 26 heavy (non-hydrogen) atoms. The highest BCUT2D eigenvalue weighted by Crippen LogP contribution is 2.16. The van der Waals surface area contributed by atoms with Gasteiger partial charge in [-0.15, -0.1) is 0 Å². The molecule has 2 heterocycles. The lowest BCUT2D eigenvalue weighted by Crippen LogP contribution is -2.48. The summed E-state index contributed by atoms with van der Waals surface area (Å²) >= 11 is 0. The molecule has 0 aliphatic carbocycles. The Morgan fingerprint density at radius 1 is 1.15 bits per heavy atom. The number of nitrogens with zero attached hydrogens (tertiary/aromatic N) is 2. The van der Waals surface area contributed by atoms with Gasteiger partial charge in [0.05, 0.1) is 13.7 Å². The number of methoxy groups -OCH3 is 1. The fourth-order valence-electron chi connectivity index (χ4n) is 2.91. The first kappa shape index (κ1) is 18.1. The van der Waals surface area contributed by atoms with E-state index in [-0.39, 0.29) is 17.5 Å². The Labute approximate surface area is 151 Å². The Morgan fingerprint density at radius 3 is 2.54 bits per heavy atom. The van der Waals surface area contributed by atoms with E-state index >= 15 is 0 Å². The maximum absolute atomic E-state index is 13.7. The largest absolute Gasteiger partial charge is 0.463 e. The number of piperazine rings is 1. The third kappa shape index (κ3) is 3.94. The van der Waals surface area contributed by atoms with Crippen molar-refractivity contribution in [3.63, 3.8) is 0 Å². The molecule has 7 heteroatoms. The zero-order valence-electron chi connectivity index (χ0n) is 14.8. The Bertz CT molecular complexity index is 810. The first-order chi connectivity index (χ1) is 12.5. The zero-order chi connectivity index (χ0) is 18.7. The molecule has 0 atom stereocenters. The molecule has 0 bridgehead atoms. The predicted octanol–water partition coefficient (Wildman–Crippen LogP) is 2.47. The van der Waals surface area contributed by atoms with Crippen molar-refractivity contribution in [1.82, 2.24) is 9.80 Å². The molecule has 0 spiro atoms. The van der Waals surface area contributed by atoms with Crippen molar-refractivity contribution < 1.29 is 23.1 Å². The highest BCUT2D eigenvalue weighted by Gasteiger charge is 2.23. The van der Waals surface area contributed by atoms with Crippen molar-refractivity contribution in [2.45, 2.75) is 13.5 Å². The molecule has 1 amide bonds. The summed E-state index contributed by atoms with van der Waals surface area (Å²) in [5, 5.41) is 0. The fraction of sp³-hybridized carbons (Fsp3) is 0.368. The van der Waals surface area contributed by atoms with E-state index in [0.717, 1.165) is 0 Å². The normalized spacial score (nSPS) is 15.1. The van der Waals surface area contributed by atoms with E-state index in [9.17, 15) is 14.0 Å². The van der Waals surface area contributed by atoms with E-state index in [1.54, 1.807) is 36.1 Å². The monoisotopic (exact) mass is 360 g/mol. The van der Waals surface area contributed by atoms with Crippen LogP contribution in [-0.2, 0) is 11.3 Å². The van der Waals surface area contributed by atoms with Crippen molar-refractivity contribution in [2.24, 2.45) is 0 Å². The summed E-state index contributed by atoms with van der Waals surface area (Å²) in [7, 11) is 1.31. The lowest BCUT2D eigenvalue weighted by atomic mass is 10.1. The number of esters is 1. The van der Waals surface area contributed by atoms with Crippen LogP contribution in [0.5, 0.6) is 0 Å². The molecule has 3 rings (SSSR count). The predicted molar refractivity (Wildman–Crippen MR) is 92.4 cm³/mol. The van der Waals surface area contributed by atoms with E-state index in [1.807, 2.05) is 0 Å². The Morgan fingerprint density at radius 2 is 1.88 bits per heavy atom. The van der Waals surface area contributed by atoms with Gasteiger partial charge in [-0.25, -0.2) is 9.18 Å². The van der Waals surface area contributed by atoms with E-state index in [2.05, 4.69) is 9.64 Å². The summed E-state index contributed by atoms with van der Waals surface area (Å²) in [5.74, 6) is -0.177. The number of furan rings is 1. The first-order valence-electron chi connectivity index (χ1n) is 8.42. The van der Waals surface area contributed by atoms with Crippen LogP contribution in [-0.4, -0.2) is 55.0 Å². The van der Waals surface area contributed by atoms with Crippen LogP contribution in [0.4, 0.5) is 4.39 Å². The molecule has 0 unspecified atom stereocenters. The molecule has 1 saturated heterocycles. The molecule has 0 N–H and O–H groups in total. The van der Waals surface area contributed by atoms with Crippen LogP contribution in [0, 0.1) is 12.7 Å². The van der Waals surface area contributed by atoms with Crippen molar-refractivity contribution in [3.05, 3.63) is 58.8 Å². The standard InChI is InChI=1S/C19H21FN2O4/c1-13-3-4-14(11-16(13)20)18(23)22-9-7-21(8-10-22)12-15-5-6-17(26-15)19(24)25-2/h3-6,11H,7-10,12H2,1-2H3. The Hall–Kier alpha value is -2.67. The van der Waals surface area contributed by atoms with Gasteiger partial charge in [0.2, 0.25) is 5.76 Å². The molecule has 138 valence electrons. The number of aryl methyl sites for hydroxylation is 1. The van der Waals surface area contributed by atoms with Crippen LogP contribution in [0.3, 0.4) is 0 Å². The molecular formula is C19H21FN2O4. The zero-order valence-corrected chi connectivity index (χ0v) is 14.8. The summed E-state index contributed by atoms with van der Waals surface area (Å²) in [5.41, 5.74) is 0.895. The van der Waals surface area contributed by atoms with Crippen LogP contribution in [0.1, 0.15) is 32.2 Å². The van der Waals surface area contributed by atoms with Crippen LogP contribution in [0.15, 0.2) is 34.7 Å². The Balaban J connectivity index is 1.55. The number of ether oxygens (including phenoxy) is 1. The van der Waals surface area contributed by atoms with Gasteiger partial charge in [-0.1, -0.05) is 6.07 Å². The van der Waals surface area contributed by atoms with Crippen molar-refractivity contribution in [3.8, 4) is 0 Å². The maximum atomic E-state index is 13.7. The maximum Gasteiger partial charge on any atom is 0.373 e. The lowest BCUT2D eigenvalue weighted by molar-refractivity contribution is 0.0549. The molecule has 1 aromatic heterocycles. The average Bonchev–Trinajstić information content (AvgIpc) is 3.12. The van der Waals surface area contributed by atoms with Crippen molar-refractivity contribution in [1.29, 1.82) is 0 Å². The van der Waals surface area contributed by atoms with E-state index in [4.69, 9.17) is 4.42 Å². The molecular weight excluding hydrogens is 339 g/mol. The minimum atomic E-state index is -0.503. The minimum Gasteiger partial charge on any atom is -0.463 e. The van der Waals surface area contributed by atoms with Gasteiger partial charge >= 0.3 is 5.97 Å². The van der Waals surface area contributed by atoms with Crippen LogP contribution >= 0.6 is 0 Å². The van der Waals surface area contributed by atoms with Crippen LogP contribution < -0.4 is 0 Å². The third-order valence-electron chi connectivity index (χ3n) is 4.51. The Kier molecular flexibility index (Phi) is 5.37. The SMILES string of the molecule is COC(=O)c1ccc(CN2CCN(C(=O)c3ccc(C)c(F)c3)CC2)o1. The van der Waals surface area contributed by atoms with Gasteiger partial charge in [0.1, 0.15) is 11.6 Å². The molecule has 1 fully saturated rings. The first-order valence-corrected chi connectivity index (χ1v) is 8.42. The second kappa shape index (κ2) is 7.70. The molecule has 1 aromatic carbocycles. The molecule has 6 nitrogen and oxygen atoms in total. The summed E-state index contributed by atoms with van der Waals surface area (Å²) in [4.78, 5) is 27.8. The van der Waals surface area contributed by atoms with Gasteiger partial charge in [-0.2, -0.15) is 0 Å². The quantitative estimate of drug-likeness (QED) is 0.784. The molecule has 2 aromatic rings. The number of amides is 1. The highest BCUT2D eigenvalue weighted by molar-refractivity contribution is 5.94. The number of hydrogen-bond donors (Lipinski definition) is 0. The summed E-state index contributed by atoms with van der Waals surface area (Å²) in [6, 6.07) is 7.91. The number of rotatable bonds is 4. The second-order valence-corrected chi connectivity index (χ2v) is 6.29. The van der Waals surface area contributed by atoms with Crippen LogP contribution in [0.2, 0.25) is 0 Å². The smallest absolute Gasteiger partial charge is 0.373 e. The summed E-state index contributed by atoms with van der Waals surface area (Å²) in [6.45, 7) is 4.68. The van der Waals surface area contributed by atoms with Gasteiger partial charge in [0.15, 0.2) is 0 Å². The van der Waals surface area contributed by atoms with Gasteiger partial charge in [0, 0.05) is 31.7 Å². The lowest BCUT2D eigenvalue weighted by Gasteiger charge is -2.34. The topological polar surface area (TPSA) is 63.0 Å². The van der Waals surface area contributed by atoms with Crippen LogP contribution in [0.25, 0.3) is 0 Å². The van der Waals surface area contributed by atoms with E-state index in [1.165, 1.54) is 13.2 Å². The van der Waals surface area contributed by atoms with E-state index in [0.29, 0.717) is 49.6 Å². The highest BCUT2D eigenvalue weighted by atomic mass is 19.1. The van der Waals surface area contributed by atoms with Gasteiger partial charge in [-0.3, -0.25) is 9.69 Å². The fourth-order valence-corrected chi connectivity index (χ4v) is 2.91.